The molecule has 0 radical (unpaired) electrons. The van der Waals surface area contributed by atoms with Crippen molar-refractivity contribution in [1.82, 2.24) is 15.5 Å². The van der Waals surface area contributed by atoms with Gasteiger partial charge in [0.05, 0.1) is 19.7 Å². The Morgan fingerprint density at radius 2 is 2.10 bits per heavy atom. The Balaban J connectivity index is 1.97. The zero-order valence-electron chi connectivity index (χ0n) is 18.0. The first kappa shape index (κ1) is 24.3. The lowest BCUT2D eigenvalue weighted by Crippen LogP contribution is -2.45. The highest BCUT2D eigenvalue weighted by atomic mass is 19.4. The fourth-order valence-electron chi connectivity index (χ4n) is 3.34. The van der Waals surface area contributed by atoms with Crippen LogP contribution in [0.3, 0.4) is 0 Å². The van der Waals surface area contributed by atoms with E-state index in [1.165, 1.54) is 4.90 Å². The number of benzene rings is 1. The minimum absolute atomic E-state index is 0.0621. The Labute approximate surface area is 176 Å². The van der Waals surface area contributed by atoms with Gasteiger partial charge in [-0.05, 0) is 31.9 Å². The van der Waals surface area contributed by atoms with Crippen LogP contribution in [0.1, 0.15) is 30.9 Å². The molecule has 0 aromatic heterocycles. The Bertz CT molecular complexity index is 683. The predicted molar refractivity (Wildman–Crippen MR) is 112 cm³/mol. The van der Waals surface area contributed by atoms with Crippen LogP contribution >= 0.6 is 0 Å². The van der Waals surface area contributed by atoms with Crippen LogP contribution in [0.15, 0.2) is 23.2 Å². The average molecular weight is 431 g/mol. The van der Waals surface area contributed by atoms with Crippen molar-refractivity contribution in [2.24, 2.45) is 4.99 Å². The van der Waals surface area contributed by atoms with Gasteiger partial charge in [-0.2, -0.15) is 13.2 Å². The van der Waals surface area contributed by atoms with Gasteiger partial charge < -0.3 is 20.1 Å². The largest absolute Gasteiger partial charge is 0.493 e. The van der Waals surface area contributed by atoms with Gasteiger partial charge in [-0.3, -0.25) is 4.90 Å². The first-order valence-electron chi connectivity index (χ1n) is 10.4. The molecule has 0 bridgehead atoms. The number of halogens is 3. The third-order valence-corrected chi connectivity index (χ3v) is 4.74. The SMILES string of the molecule is CCNC(=NCc1ccc(C)cc1OCCCOC)NC1CCN(CC(F)(F)F)C1. The second-order valence-corrected chi connectivity index (χ2v) is 7.48. The van der Waals surface area contributed by atoms with E-state index < -0.39 is 12.7 Å². The second kappa shape index (κ2) is 12.0. The number of rotatable bonds is 10. The summed E-state index contributed by atoms with van der Waals surface area (Å²) < 4.78 is 48.8. The number of hydrogen-bond donors (Lipinski definition) is 2. The fraction of sp³-hybridized carbons (Fsp3) is 0.667. The van der Waals surface area contributed by atoms with Gasteiger partial charge in [-0.25, -0.2) is 4.99 Å². The number of hydrogen-bond acceptors (Lipinski definition) is 4. The third-order valence-electron chi connectivity index (χ3n) is 4.74. The first-order chi connectivity index (χ1) is 14.3. The molecule has 0 spiro atoms. The molecule has 1 heterocycles. The molecular formula is C21H33F3N4O2. The molecule has 1 aliphatic rings. The van der Waals surface area contributed by atoms with Crippen molar-refractivity contribution in [2.45, 2.75) is 45.5 Å². The molecule has 1 fully saturated rings. The Kier molecular flexibility index (Phi) is 9.71. The third kappa shape index (κ3) is 8.79. The minimum atomic E-state index is -4.17. The molecule has 6 nitrogen and oxygen atoms in total. The van der Waals surface area contributed by atoms with Gasteiger partial charge in [0.15, 0.2) is 5.96 Å². The molecule has 2 rings (SSSR count). The molecular weight excluding hydrogens is 397 g/mol. The number of aliphatic imine (C=N–C) groups is 1. The number of ether oxygens (including phenoxy) is 2. The second-order valence-electron chi connectivity index (χ2n) is 7.48. The van der Waals surface area contributed by atoms with Crippen molar-refractivity contribution in [3.63, 3.8) is 0 Å². The van der Waals surface area contributed by atoms with Crippen LogP contribution in [0.2, 0.25) is 0 Å². The predicted octanol–water partition coefficient (Wildman–Crippen LogP) is 3.10. The lowest BCUT2D eigenvalue weighted by atomic mass is 10.1. The summed E-state index contributed by atoms with van der Waals surface area (Å²) in [6.45, 7) is 6.14. The number of nitrogens with zero attached hydrogens (tertiary/aromatic N) is 2. The molecule has 1 aromatic rings. The molecule has 0 amide bonds. The standard InChI is InChI=1S/C21H33F3N4O2/c1-4-25-20(27-18-8-9-28(14-18)15-21(22,23)24)26-13-17-7-6-16(2)12-19(17)30-11-5-10-29-3/h6-7,12,18H,4-5,8-11,13-15H2,1-3H3,(H2,25,26,27). The molecule has 0 saturated carbocycles. The molecule has 1 atom stereocenters. The van der Waals surface area contributed by atoms with E-state index in [-0.39, 0.29) is 6.04 Å². The summed E-state index contributed by atoms with van der Waals surface area (Å²) in [6, 6.07) is 5.94. The van der Waals surface area contributed by atoms with Crippen LogP contribution in [0.5, 0.6) is 5.75 Å². The zero-order chi connectivity index (χ0) is 22.0. The molecule has 1 saturated heterocycles. The van der Waals surface area contributed by atoms with Crippen LogP contribution in [0.25, 0.3) is 0 Å². The number of methoxy groups -OCH3 is 1. The van der Waals surface area contributed by atoms with Crippen LogP contribution in [-0.2, 0) is 11.3 Å². The summed E-state index contributed by atoms with van der Waals surface area (Å²) in [4.78, 5) is 6.05. The normalized spacial score (nSPS) is 17.9. The summed E-state index contributed by atoms with van der Waals surface area (Å²) in [6.07, 6.45) is -2.72. The number of guanidine groups is 1. The quantitative estimate of drug-likeness (QED) is 0.339. The van der Waals surface area contributed by atoms with Crippen LogP contribution in [0, 0.1) is 6.92 Å². The first-order valence-corrected chi connectivity index (χ1v) is 10.4. The number of likely N-dealkylation sites (tertiary alicyclic amines) is 1. The van der Waals surface area contributed by atoms with E-state index in [1.54, 1.807) is 7.11 Å². The van der Waals surface area contributed by atoms with Crippen molar-refractivity contribution in [1.29, 1.82) is 0 Å². The van der Waals surface area contributed by atoms with Gasteiger partial charge in [0, 0.05) is 51.4 Å². The number of nitrogens with one attached hydrogen (secondary N) is 2. The van der Waals surface area contributed by atoms with E-state index in [1.807, 2.05) is 32.0 Å². The van der Waals surface area contributed by atoms with E-state index in [4.69, 9.17) is 9.47 Å². The molecule has 9 heteroatoms. The summed E-state index contributed by atoms with van der Waals surface area (Å²) >= 11 is 0. The Morgan fingerprint density at radius 3 is 2.80 bits per heavy atom. The van der Waals surface area contributed by atoms with Crippen LogP contribution < -0.4 is 15.4 Å². The smallest absolute Gasteiger partial charge is 0.401 e. The van der Waals surface area contributed by atoms with Crippen molar-refractivity contribution >= 4 is 5.96 Å². The van der Waals surface area contributed by atoms with Crippen molar-refractivity contribution < 1.29 is 22.6 Å². The summed E-state index contributed by atoms with van der Waals surface area (Å²) in [5.41, 5.74) is 2.06. The molecule has 2 N–H and O–H groups in total. The van der Waals surface area contributed by atoms with E-state index in [9.17, 15) is 13.2 Å². The maximum Gasteiger partial charge on any atom is 0.401 e. The topological polar surface area (TPSA) is 58.1 Å². The van der Waals surface area contributed by atoms with E-state index in [0.29, 0.717) is 51.8 Å². The van der Waals surface area contributed by atoms with Crippen molar-refractivity contribution in [3.05, 3.63) is 29.3 Å². The Morgan fingerprint density at radius 1 is 1.30 bits per heavy atom. The number of alkyl halides is 3. The molecule has 0 aliphatic carbocycles. The maximum atomic E-state index is 12.6. The summed E-state index contributed by atoms with van der Waals surface area (Å²) in [7, 11) is 1.66. The minimum Gasteiger partial charge on any atom is -0.493 e. The summed E-state index contributed by atoms with van der Waals surface area (Å²) in [5, 5.41) is 6.44. The lowest BCUT2D eigenvalue weighted by Gasteiger charge is -2.20. The maximum absolute atomic E-state index is 12.6. The van der Waals surface area contributed by atoms with Crippen molar-refractivity contribution in [2.75, 3.05) is 46.5 Å². The Hall–Kier alpha value is -2.00. The fourth-order valence-corrected chi connectivity index (χ4v) is 3.34. The summed E-state index contributed by atoms with van der Waals surface area (Å²) in [5.74, 6) is 1.39. The van der Waals surface area contributed by atoms with Gasteiger partial charge in [-0.15, -0.1) is 0 Å². The molecule has 170 valence electrons. The van der Waals surface area contributed by atoms with Gasteiger partial charge in [0.2, 0.25) is 0 Å². The molecule has 30 heavy (non-hydrogen) atoms. The highest BCUT2D eigenvalue weighted by molar-refractivity contribution is 5.80. The van der Waals surface area contributed by atoms with Crippen LogP contribution in [-0.4, -0.2) is 69.6 Å². The molecule has 1 unspecified atom stereocenters. The zero-order valence-corrected chi connectivity index (χ0v) is 18.0. The van der Waals surface area contributed by atoms with E-state index in [2.05, 4.69) is 15.6 Å². The van der Waals surface area contributed by atoms with Gasteiger partial charge in [0.25, 0.3) is 0 Å². The van der Waals surface area contributed by atoms with Gasteiger partial charge >= 0.3 is 6.18 Å². The number of aryl methyl sites for hydroxylation is 1. The lowest BCUT2D eigenvalue weighted by molar-refractivity contribution is -0.143. The molecule has 1 aliphatic heterocycles. The van der Waals surface area contributed by atoms with Gasteiger partial charge in [0.1, 0.15) is 5.75 Å². The van der Waals surface area contributed by atoms with Gasteiger partial charge in [-0.1, -0.05) is 12.1 Å². The van der Waals surface area contributed by atoms with E-state index >= 15 is 0 Å². The highest BCUT2D eigenvalue weighted by Crippen LogP contribution is 2.22. The molecule has 1 aromatic carbocycles. The highest BCUT2D eigenvalue weighted by Gasteiger charge is 2.34. The monoisotopic (exact) mass is 430 g/mol. The van der Waals surface area contributed by atoms with E-state index in [0.717, 1.165) is 23.3 Å². The van der Waals surface area contributed by atoms with Crippen molar-refractivity contribution in [3.8, 4) is 5.75 Å². The average Bonchev–Trinajstić information content (AvgIpc) is 3.09. The van der Waals surface area contributed by atoms with Crippen LogP contribution in [0.4, 0.5) is 13.2 Å².